The van der Waals surface area contributed by atoms with Crippen LogP contribution in [0.25, 0.3) is 38.7 Å². The Kier molecular flexibility index (Phi) is 5.44. The lowest BCUT2D eigenvalue weighted by Crippen LogP contribution is -1.99. The molecule has 0 radical (unpaired) electrons. The smallest absolute Gasteiger partial charge is 0.277 e. The third kappa shape index (κ3) is 4.03. The molecule has 6 rings (SSSR count). The van der Waals surface area contributed by atoms with Crippen LogP contribution in [0.15, 0.2) is 99.7 Å². The van der Waals surface area contributed by atoms with Crippen LogP contribution in [-0.2, 0) is 0 Å². The number of azo groups is 1. The standard InChI is InChI=1S/C26H17ClN6OS/c1-16-25(30-29-20-10-6-3-7-11-20)35-26(28-16)33-23(18-12-14-19(27)15-13-18)21-22(32-34-24(21)31-33)17-8-4-2-5-9-17/h2-15H,1H3. The Morgan fingerprint density at radius 2 is 1.57 bits per heavy atom. The van der Waals surface area contributed by atoms with Gasteiger partial charge in [0.25, 0.3) is 5.71 Å². The number of nitrogens with zero attached hydrogens (tertiary/aromatic N) is 6. The Morgan fingerprint density at radius 1 is 0.857 bits per heavy atom. The Morgan fingerprint density at radius 3 is 2.31 bits per heavy atom. The molecular formula is C26H17ClN6OS. The van der Waals surface area contributed by atoms with E-state index in [0.29, 0.717) is 26.6 Å². The van der Waals surface area contributed by atoms with Gasteiger partial charge in [-0.3, -0.25) is 0 Å². The Labute approximate surface area is 209 Å². The van der Waals surface area contributed by atoms with Crippen molar-refractivity contribution in [3.63, 3.8) is 0 Å². The summed E-state index contributed by atoms with van der Waals surface area (Å²) in [4.78, 5) is 4.75. The molecule has 0 aliphatic rings. The average Bonchev–Trinajstić information content (AvgIpc) is 3.58. The molecule has 170 valence electrons. The van der Waals surface area contributed by atoms with Gasteiger partial charge in [-0.2, -0.15) is 0 Å². The molecule has 0 bridgehead atoms. The minimum Gasteiger partial charge on any atom is -0.334 e. The van der Waals surface area contributed by atoms with Crippen molar-refractivity contribution in [2.75, 3.05) is 0 Å². The zero-order valence-electron chi connectivity index (χ0n) is 18.5. The molecule has 0 saturated carbocycles. The highest BCUT2D eigenvalue weighted by Gasteiger charge is 2.25. The topological polar surface area (TPSA) is 81.5 Å². The van der Waals surface area contributed by atoms with E-state index in [2.05, 4.69) is 15.4 Å². The summed E-state index contributed by atoms with van der Waals surface area (Å²) in [5.74, 6) is 0. The summed E-state index contributed by atoms with van der Waals surface area (Å²) < 4.78 is 7.44. The first-order valence-electron chi connectivity index (χ1n) is 10.8. The molecule has 0 fully saturated rings. The van der Waals surface area contributed by atoms with E-state index in [1.807, 2.05) is 91.9 Å². The number of aromatic nitrogens is 4. The van der Waals surface area contributed by atoms with Crippen molar-refractivity contribution in [3.8, 4) is 27.6 Å². The molecule has 0 atom stereocenters. The molecule has 0 amide bonds. The van der Waals surface area contributed by atoms with Crippen LogP contribution in [0.5, 0.6) is 0 Å². The lowest BCUT2D eigenvalue weighted by Gasteiger charge is -2.06. The summed E-state index contributed by atoms with van der Waals surface area (Å²) >= 11 is 7.58. The van der Waals surface area contributed by atoms with E-state index in [1.165, 1.54) is 11.3 Å². The molecule has 0 saturated heterocycles. The van der Waals surface area contributed by atoms with Crippen molar-refractivity contribution in [1.29, 1.82) is 0 Å². The average molecular weight is 497 g/mol. The number of hydrogen-bond donors (Lipinski definition) is 0. The monoisotopic (exact) mass is 496 g/mol. The summed E-state index contributed by atoms with van der Waals surface area (Å²) in [5, 5.41) is 20.6. The molecule has 0 aliphatic heterocycles. The Balaban J connectivity index is 1.52. The van der Waals surface area contributed by atoms with Crippen LogP contribution >= 0.6 is 22.9 Å². The fourth-order valence-electron chi connectivity index (χ4n) is 3.77. The van der Waals surface area contributed by atoms with Crippen molar-refractivity contribution in [1.82, 2.24) is 19.9 Å². The Hall–Kier alpha value is -4.14. The van der Waals surface area contributed by atoms with Crippen LogP contribution in [0, 0.1) is 6.92 Å². The predicted molar refractivity (Wildman–Crippen MR) is 138 cm³/mol. The second kappa shape index (κ2) is 8.90. The van der Waals surface area contributed by atoms with Crippen LogP contribution < -0.4 is 0 Å². The third-order valence-corrected chi connectivity index (χ3v) is 6.70. The third-order valence-electron chi connectivity index (χ3n) is 5.43. The lowest BCUT2D eigenvalue weighted by molar-refractivity contribution is 0.447. The van der Waals surface area contributed by atoms with Gasteiger partial charge in [0, 0.05) is 16.1 Å². The zero-order chi connectivity index (χ0) is 23.8. The summed E-state index contributed by atoms with van der Waals surface area (Å²) in [5.41, 5.74) is 5.35. The van der Waals surface area contributed by atoms with Gasteiger partial charge in [0.1, 0.15) is 5.69 Å². The van der Waals surface area contributed by atoms with Crippen molar-refractivity contribution >= 4 is 44.7 Å². The fraction of sp³-hybridized carbons (Fsp3) is 0.0385. The van der Waals surface area contributed by atoms with Gasteiger partial charge in [-0.25, -0.2) is 9.67 Å². The van der Waals surface area contributed by atoms with Gasteiger partial charge in [0.2, 0.25) is 5.13 Å². The highest BCUT2D eigenvalue weighted by molar-refractivity contribution is 7.17. The van der Waals surface area contributed by atoms with Crippen LogP contribution in [0.3, 0.4) is 0 Å². The van der Waals surface area contributed by atoms with Crippen molar-refractivity contribution in [2.24, 2.45) is 10.2 Å². The van der Waals surface area contributed by atoms with Crippen LogP contribution in [-0.4, -0.2) is 19.9 Å². The molecule has 3 heterocycles. The van der Waals surface area contributed by atoms with Crippen LogP contribution in [0.4, 0.5) is 10.7 Å². The zero-order valence-corrected chi connectivity index (χ0v) is 20.0. The van der Waals surface area contributed by atoms with Crippen LogP contribution in [0.2, 0.25) is 5.02 Å². The van der Waals surface area contributed by atoms with E-state index >= 15 is 0 Å². The molecule has 0 spiro atoms. The number of benzene rings is 3. The molecule has 0 aliphatic carbocycles. The highest BCUT2D eigenvalue weighted by Crippen LogP contribution is 2.40. The maximum Gasteiger partial charge on any atom is 0.277 e. The van der Waals surface area contributed by atoms with E-state index in [-0.39, 0.29) is 0 Å². The second-order valence-corrected chi connectivity index (χ2v) is 9.16. The van der Waals surface area contributed by atoms with E-state index < -0.39 is 0 Å². The maximum atomic E-state index is 6.18. The van der Waals surface area contributed by atoms with Gasteiger partial charge in [0.05, 0.1) is 22.5 Å². The number of halogens is 1. The van der Waals surface area contributed by atoms with Gasteiger partial charge in [-0.1, -0.05) is 88.8 Å². The summed E-state index contributed by atoms with van der Waals surface area (Å²) in [6.07, 6.45) is 0. The number of rotatable bonds is 5. The second-order valence-electron chi connectivity index (χ2n) is 7.77. The first-order valence-corrected chi connectivity index (χ1v) is 12.0. The van der Waals surface area contributed by atoms with Gasteiger partial charge >= 0.3 is 0 Å². The van der Waals surface area contributed by atoms with E-state index in [0.717, 1.165) is 33.6 Å². The largest absolute Gasteiger partial charge is 0.334 e. The molecule has 3 aromatic carbocycles. The number of fused-ring (bicyclic) bond motifs is 1. The first kappa shape index (κ1) is 21.4. The molecule has 0 N–H and O–H groups in total. The van der Waals surface area contributed by atoms with Gasteiger partial charge in [-0.15, -0.1) is 15.3 Å². The van der Waals surface area contributed by atoms with Crippen molar-refractivity contribution < 1.29 is 4.52 Å². The van der Waals surface area contributed by atoms with Crippen LogP contribution in [0.1, 0.15) is 5.69 Å². The fourth-order valence-corrected chi connectivity index (χ4v) is 4.75. The van der Waals surface area contributed by atoms with E-state index in [4.69, 9.17) is 26.2 Å². The summed E-state index contributed by atoms with van der Waals surface area (Å²) in [6.45, 7) is 1.91. The maximum absolute atomic E-state index is 6.18. The van der Waals surface area contributed by atoms with Crippen molar-refractivity contribution in [2.45, 2.75) is 6.92 Å². The number of hydrogen-bond acceptors (Lipinski definition) is 7. The van der Waals surface area contributed by atoms with Gasteiger partial charge in [0.15, 0.2) is 5.00 Å². The minimum absolute atomic E-state index is 0.425. The molecule has 0 unspecified atom stereocenters. The molecule has 7 nitrogen and oxygen atoms in total. The summed E-state index contributed by atoms with van der Waals surface area (Å²) in [7, 11) is 0. The SMILES string of the molecule is Cc1nc(-n2nc3onc(-c4ccccc4)c3c2-c2ccc(Cl)cc2)sc1N=Nc1ccccc1. The summed E-state index contributed by atoms with van der Waals surface area (Å²) in [6, 6.07) is 27.1. The van der Waals surface area contributed by atoms with Crippen molar-refractivity contribution in [3.05, 3.63) is 95.6 Å². The molecular weight excluding hydrogens is 480 g/mol. The van der Waals surface area contributed by atoms with E-state index in [1.54, 1.807) is 4.68 Å². The quantitative estimate of drug-likeness (QED) is 0.225. The number of aryl methyl sites for hydroxylation is 1. The first-order chi connectivity index (χ1) is 17.2. The molecule has 3 aromatic heterocycles. The normalized spacial score (nSPS) is 11.6. The van der Waals surface area contributed by atoms with Gasteiger partial charge < -0.3 is 4.52 Å². The van der Waals surface area contributed by atoms with E-state index in [9.17, 15) is 0 Å². The molecule has 35 heavy (non-hydrogen) atoms. The molecule has 9 heteroatoms. The number of thiazole rings is 1. The minimum atomic E-state index is 0.425. The lowest BCUT2D eigenvalue weighted by atomic mass is 10.0. The van der Waals surface area contributed by atoms with Gasteiger partial charge in [-0.05, 0) is 31.2 Å². The Bertz CT molecular complexity index is 1650. The predicted octanol–water partition coefficient (Wildman–Crippen LogP) is 8.18. The molecule has 6 aromatic rings. The highest BCUT2D eigenvalue weighted by atomic mass is 35.5.